The topological polar surface area (TPSA) is 53.5 Å². The minimum Gasteiger partial charge on any atom is -0.376 e. The van der Waals surface area contributed by atoms with Gasteiger partial charge in [-0.15, -0.1) is 0 Å². The van der Waals surface area contributed by atoms with Crippen LogP contribution in [0.2, 0.25) is 0 Å². The molecule has 0 saturated carbocycles. The fraction of sp³-hybridized carbons (Fsp3) is 0.0526. The van der Waals surface area contributed by atoms with Crippen molar-refractivity contribution in [3.63, 3.8) is 0 Å². The van der Waals surface area contributed by atoms with E-state index in [2.05, 4.69) is 15.8 Å². The van der Waals surface area contributed by atoms with Crippen molar-refractivity contribution in [1.82, 2.24) is 5.43 Å². The van der Waals surface area contributed by atoms with Gasteiger partial charge in [0.15, 0.2) is 0 Å². The van der Waals surface area contributed by atoms with Gasteiger partial charge in [0.25, 0.3) is 5.91 Å². The molecule has 0 saturated heterocycles. The van der Waals surface area contributed by atoms with E-state index in [0.717, 1.165) is 16.5 Å². The van der Waals surface area contributed by atoms with E-state index in [1.54, 1.807) is 18.2 Å². The fourth-order valence-electron chi connectivity index (χ4n) is 2.27. The van der Waals surface area contributed by atoms with Crippen LogP contribution >= 0.6 is 0 Å². The fourth-order valence-corrected chi connectivity index (χ4v) is 2.27. The van der Waals surface area contributed by atoms with E-state index in [-0.39, 0.29) is 18.3 Å². The van der Waals surface area contributed by atoms with Gasteiger partial charge in [-0.05, 0) is 29.0 Å². The summed E-state index contributed by atoms with van der Waals surface area (Å²) in [6.07, 6.45) is 1.28. The molecule has 4 nitrogen and oxygen atoms in total. The van der Waals surface area contributed by atoms with Gasteiger partial charge in [-0.1, -0.05) is 48.5 Å². The van der Waals surface area contributed by atoms with E-state index < -0.39 is 0 Å². The van der Waals surface area contributed by atoms with Crippen molar-refractivity contribution >= 4 is 28.6 Å². The molecule has 0 aliphatic heterocycles. The Kier molecular flexibility index (Phi) is 4.81. The Balaban J connectivity index is 1.54. The van der Waals surface area contributed by atoms with E-state index in [1.807, 2.05) is 42.5 Å². The predicted molar refractivity (Wildman–Crippen MR) is 94.6 cm³/mol. The average molecular weight is 321 g/mol. The van der Waals surface area contributed by atoms with Crippen LogP contribution in [0.1, 0.15) is 5.56 Å². The second-order valence-corrected chi connectivity index (χ2v) is 5.23. The smallest absolute Gasteiger partial charge is 0.259 e. The molecule has 0 aromatic heterocycles. The first-order chi connectivity index (χ1) is 11.7. The van der Waals surface area contributed by atoms with Gasteiger partial charge >= 0.3 is 0 Å². The van der Waals surface area contributed by atoms with Gasteiger partial charge in [0, 0.05) is 11.3 Å². The number of carbonyl (C=O) groups is 1. The Morgan fingerprint density at radius 1 is 1.00 bits per heavy atom. The number of rotatable bonds is 5. The van der Waals surface area contributed by atoms with Crippen molar-refractivity contribution in [3.8, 4) is 0 Å². The molecule has 0 radical (unpaired) electrons. The van der Waals surface area contributed by atoms with Crippen molar-refractivity contribution in [2.45, 2.75) is 0 Å². The van der Waals surface area contributed by atoms with Crippen molar-refractivity contribution in [3.05, 3.63) is 78.1 Å². The SMILES string of the molecule is O=C(CNc1ccc2ccccc2c1)N/N=C\c1ccccc1F. The number of amides is 1. The summed E-state index contributed by atoms with van der Waals surface area (Å²) >= 11 is 0. The molecule has 3 rings (SSSR count). The summed E-state index contributed by atoms with van der Waals surface area (Å²) < 4.78 is 13.4. The quantitative estimate of drug-likeness (QED) is 0.558. The summed E-state index contributed by atoms with van der Waals surface area (Å²) in [6.45, 7) is 0.0763. The molecular weight excluding hydrogens is 305 g/mol. The lowest BCUT2D eigenvalue weighted by Gasteiger charge is -2.06. The van der Waals surface area contributed by atoms with Gasteiger partial charge < -0.3 is 5.32 Å². The molecule has 0 spiro atoms. The van der Waals surface area contributed by atoms with Crippen LogP contribution in [0.25, 0.3) is 10.8 Å². The van der Waals surface area contributed by atoms with Crippen molar-refractivity contribution < 1.29 is 9.18 Å². The maximum atomic E-state index is 13.4. The lowest BCUT2D eigenvalue weighted by molar-refractivity contribution is -0.119. The number of fused-ring (bicyclic) bond motifs is 1. The molecule has 0 atom stereocenters. The Bertz CT molecular complexity index is 892. The third-order valence-electron chi connectivity index (χ3n) is 3.50. The van der Waals surface area contributed by atoms with Crippen molar-refractivity contribution in [2.75, 3.05) is 11.9 Å². The molecule has 0 aliphatic rings. The third kappa shape index (κ3) is 3.95. The summed E-state index contributed by atoms with van der Waals surface area (Å²) in [5, 5.41) is 9.04. The van der Waals surface area contributed by atoms with E-state index in [4.69, 9.17) is 0 Å². The lowest BCUT2D eigenvalue weighted by Crippen LogP contribution is -2.25. The Labute approximate surface area is 139 Å². The molecule has 1 amide bonds. The zero-order valence-electron chi connectivity index (χ0n) is 12.9. The summed E-state index contributed by atoms with van der Waals surface area (Å²) in [7, 11) is 0. The molecule has 3 aromatic carbocycles. The largest absolute Gasteiger partial charge is 0.376 e. The number of benzene rings is 3. The molecule has 3 aromatic rings. The number of anilines is 1. The molecule has 5 heteroatoms. The lowest BCUT2D eigenvalue weighted by atomic mass is 10.1. The summed E-state index contributed by atoms with van der Waals surface area (Å²) in [4.78, 5) is 11.8. The molecule has 0 bridgehead atoms. The normalized spacial score (nSPS) is 10.9. The van der Waals surface area contributed by atoms with Gasteiger partial charge in [-0.2, -0.15) is 5.10 Å². The number of hydrogen-bond acceptors (Lipinski definition) is 3. The van der Waals surface area contributed by atoms with Crippen LogP contribution in [0.3, 0.4) is 0 Å². The number of nitrogens with zero attached hydrogens (tertiary/aromatic N) is 1. The van der Waals surface area contributed by atoms with E-state index in [1.165, 1.54) is 12.3 Å². The highest BCUT2D eigenvalue weighted by molar-refractivity contribution is 5.87. The summed E-state index contributed by atoms with van der Waals surface area (Å²) in [5.74, 6) is -0.694. The van der Waals surface area contributed by atoms with Gasteiger partial charge in [0.05, 0.1) is 12.8 Å². The van der Waals surface area contributed by atoms with Crippen LogP contribution in [-0.4, -0.2) is 18.7 Å². The first-order valence-electron chi connectivity index (χ1n) is 7.51. The average Bonchev–Trinajstić information content (AvgIpc) is 2.61. The van der Waals surface area contributed by atoms with Gasteiger partial charge in [0.2, 0.25) is 0 Å². The minimum absolute atomic E-state index is 0.0763. The summed E-state index contributed by atoms with van der Waals surface area (Å²) in [6, 6.07) is 20.1. The highest BCUT2D eigenvalue weighted by Crippen LogP contribution is 2.18. The van der Waals surface area contributed by atoms with Crippen LogP contribution in [0.4, 0.5) is 10.1 Å². The number of carbonyl (C=O) groups excluding carboxylic acids is 1. The van der Waals surface area contributed by atoms with Crippen LogP contribution in [0, 0.1) is 5.82 Å². The number of nitrogens with one attached hydrogen (secondary N) is 2. The molecular formula is C19H16FN3O. The first kappa shape index (κ1) is 15.7. The Hall–Kier alpha value is -3.21. The molecule has 24 heavy (non-hydrogen) atoms. The Morgan fingerprint density at radius 3 is 2.58 bits per heavy atom. The second-order valence-electron chi connectivity index (χ2n) is 5.23. The molecule has 0 unspecified atom stereocenters. The van der Waals surface area contributed by atoms with Gasteiger partial charge in [-0.25, -0.2) is 9.82 Å². The van der Waals surface area contributed by atoms with E-state index >= 15 is 0 Å². The van der Waals surface area contributed by atoms with E-state index in [0.29, 0.717) is 5.56 Å². The van der Waals surface area contributed by atoms with Gasteiger partial charge in [-0.3, -0.25) is 4.79 Å². The molecule has 0 heterocycles. The van der Waals surface area contributed by atoms with Gasteiger partial charge in [0.1, 0.15) is 5.82 Å². The zero-order chi connectivity index (χ0) is 16.8. The number of hydrogen-bond donors (Lipinski definition) is 2. The predicted octanol–water partition coefficient (Wildman–Crippen LogP) is 3.54. The third-order valence-corrected chi connectivity index (χ3v) is 3.50. The number of halogens is 1. The molecule has 0 aliphatic carbocycles. The Morgan fingerprint density at radius 2 is 1.75 bits per heavy atom. The van der Waals surface area contributed by atoms with Crippen molar-refractivity contribution in [2.24, 2.45) is 5.10 Å². The van der Waals surface area contributed by atoms with Crippen LogP contribution < -0.4 is 10.7 Å². The molecule has 120 valence electrons. The highest BCUT2D eigenvalue weighted by atomic mass is 19.1. The summed E-state index contributed by atoms with van der Waals surface area (Å²) in [5.41, 5.74) is 3.54. The number of hydrazone groups is 1. The highest BCUT2D eigenvalue weighted by Gasteiger charge is 2.01. The van der Waals surface area contributed by atoms with Crippen LogP contribution in [0.15, 0.2) is 71.8 Å². The van der Waals surface area contributed by atoms with Crippen molar-refractivity contribution in [1.29, 1.82) is 0 Å². The van der Waals surface area contributed by atoms with E-state index in [9.17, 15) is 9.18 Å². The standard InChI is InChI=1S/C19H16FN3O/c20-18-8-4-3-7-16(18)12-22-23-19(24)13-21-17-10-9-14-5-1-2-6-15(14)11-17/h1-12,21H,13H2,(H,23,24)/b22-12-. The second kappa shape index (κ2) is 7.37. The maximum Gasteiger partial charge on any atom is 0.259 e. The van der Waals surface area contributed by atoms with Crippen LogP contribution in [-0.2, 0) is 4.79 Å². The monoisotopic (exact) mass is 321 g/mol. The zero-order valence-corrected chi connectivity index (χ0v) is 12.9. The molecule has 0 fully saturated rings. The minimum atomic E-state index is -0.384. The molecule has 2 N–H and O–H groups in total. The maximum absolute atomic E-state index is 13.4. The first-order valence-corrected chi connectivity index (χ1v) is 7.51. The van der Waals surface area contributed by atoms with Crippen LogP contribution in [0.5, 0.6) is 0 Å².